The van der Waals surface area contributed by atoms with Crippen molar-refractivity contribution in [3.05, 3.63) is 55.4 Å². The smallest absolute Gasteiger partial charge is 0.124 e. The average molecular weight is 363 g/mol. The second kappa shape index (κ2) is 6.84. The van der Waals surface area contributed by atoms with E-state index in [4.69, 9.17) is 11.6 Å². The van der Waals surface area contributed by atoms with Gasteiger partial charge in [0.15, 0.2) is 0 Å². The summed E-state index contributed by atoms with van der Waals surface area (Å²) in [5, 5.41) is 5.85. The number of nitrogens with one attached hydrogen (secondary N) is 1. The maximum absolute atomic E-state index is 13.0. The first-order valence-corrected chi connectivity index (χ1v) is 7.98. The minimum absolute atomic E-state index is 0.276. The Morgan fingerprint density at radius 3 is 2.74 bits per heavy atom. The number of rotatable bonds is 5. The van der Waals surface area contributed by atoms with Crippen molar-refractivity contribution in [1.82, 2.24) is 5.32 Å². The van der Waals surface area contributed by atoms with Gasteiger partial charge < -0.3 is 5.32 Å². The van der Waals surface area contributed by atoms with E-state index in [2.05, 4.69) is 32.7 Å². The topological polar surface area (TPSA) is 12.0 Å². The maximum Gasteiger partial charge on any atom is 0.124 e. The fraction of sp³-hybridized carbons (Fsp3) is 0.286. The maximum atomic E-state index is 13.0. The number of hydrogen-bond acceptors (Lipinski definition) is 2. The normalized spacial score (nSPS) is 12.6. The first-order valence-electron chi connectivity index (χ1n) is 5.93. The molecule has 0 spiro atoms. The lowest BCUT2D eigenvalue weighted by molar-refractivity contribution is 0.558. The standard InChI is InChI=1S/C14H14BrClFNS/c1-18-11(8-14-12(15)4-5-19-14)6-9-2-3-10(17)7-13(9)16/h2-5,7,11,18H,6,8H2,1H3. The summed E-state index contributed by atoms with van der Waals surface area (Å²) in [6.45, 7) is 0. The van der Waals surface area contributed by atoms with Crippen LogP contribution in [0.1, 0.15) is 10.4 Å². The first kappa shape index (κ1) is 15.0. The molecule has 1 N–H and O–H groups in total. The number of benzene rings is 1. The molecule has 19 heavy (non-hydrogen) atoms. The molecule has 0 fully saturated rings. The highest BCUT2D eigenvalue weighted by atomic mass is 79.9. The summed E-state index contributed by atoms with van der Waals surface area (Å²) in [6, 6.07) is 6.90. The molecule has 0 bridgehead atoms. The Bertz CT molecular complexity index is 558. The molecule has 1 nitrogen and oxygen atoms in total. The summed E-state index contributed by atoms with van der Waals surface area (Å²) in [7, 11) is 1.93. The highest BCUT2D eigenvalue weighted by molar-refractivity contribution is 9.10. The minimum Gasteiger partial charge on any atom is -0.316 e. The molecular formula is C14H14BrClFNS. The van der Waals surface area contributed by atoms with E-state index in [9.17, 15) is 4.39 Å². The number of likely N-dealkylation sites (N-methyl/N-ethyl adjacent to an activating group) is 1. The van der Waals surface area contributed by atoms with E-state index in [1.807, 2.05) is 7.05 Å². The van der Waals surface area contributed by atoms with Crippen LogP contribution < -0.4 is 5.32 Å². The van der Waals surface area contributed by atoms with E-state index < -0.39 is 0 Å². The van der Waals surface area contributed by atoms with E-state index in [1.165, 1.54) is 17.0 Å². The lowest BCUT2D eigenvalue weighted by Crippen LogP contribution is -2.29. The number of halogens is 3. The molecule has 1 aromatic heterocycles. The van der Waals surface area contributed by atoms with Crippen LogP contribution in [0, 0.1) is 5.82 Å². The highest BCUT2D eigenvalue weighted by Gasteiger charge is 2.13. The number of thiophene rings is 1. The van der Waals surface area contributed by atoms with E-state index in [0.29, 0.717) is 5.02 Å². The Morgan fingerprint density at radius 1 is 1.37 bits per heavy atom. The molecule has 0 saturated carbocycles. The fourth-order valence-corrected chi connectivity index (χ4v) is 3.76. The summed E-state index contributed by atoms with van der Waals surface area (Å²) in [4.78, 5) is 1.30. The predicted octanol–water partition coefficient (Wildman–Crippen LogP) is 4.68. The lowest BCUT2D eigenvalue weighted by Gasteiger charge is -2.16. The molecule has 2 rings (SSSR count). The van der Waals surface area contributed by atoms with Crippen LogP contribution in [0.2, 0.25) is 5.02 Å². The molecule has 1 aromatic carbocycles. The Morgan fingerprint density at radius 2 is 2.16 bits per heavy atom. The Hall–Kier alpha value is -0.420. The van der Waals surface area contributed by atoms with Crippen LogP contribution in [0.15, 0.2) is 34.1 Å². The summed E-state index contributed by atoms with van der Waals surface area (Å²) in [5.41, 5.74) is 0.968. The first-order chi connectivity index (χ1) is 9.10. The third-order valence-corrected chi connectivity index (χ3v) is 5.31. The van der Waals surface area contributed by atoms with Crippen LogP contribution in [0.5, 0.6) is 0 Å². The SMILES string of the molecule is CNC(Cc1ccc(F)cc1Cl)Cc1sccc1Br. The van der Waals surface area contributed by atoms with Gasteiger partial charge >= 0.3 is 0 Å². The molecule has 5 heteroatoms. The van der Waals surface area contributed by atoms with Crippen LogP contribution in [-0.2, 0) is 12.8 Å². The molecule has 0 amide bonds. The summed E-state index contributed by atoms with van der Waals surface area (Å²) in [5.74, 6) is -0.296. The van der Waals surface area contributed by atoms with Crippen LogP contribution in [0.3, 0.4) is 0 Å². The van der Waals surface area contributed by atoms with Gasteiger partial charge in [-0.15, -0.1) is 11.3 Å². The Balaban J connectivity index is 2.09. The summed E-state index contributed by atoms with van der Waals surface area (Å²) >= 11 is 11.3. The molecule has 0 aliphatic heterocycles. The van der Waals surface area contributed by atoms with Gasteiger partial charge in [0.05, 0.1) is 0 Å². The van der Waals surface area contributed by atoms with E-state index in [1.54, 1.807) is 17.4 Å². The zero-order valence-electron chi connectivity index (χ0n) is 10.4. The summed E-state index contributed by atoms with van der Waals surface area (Å²) < 4.78 is 14.2. The van der Waals surface area contributed by atoms with Crippen molar-refractivity contribution in [1.29, 1.82) is 0 Å². The molecule has 0 aliphatic rings. The molecule has 2 aromatic rings. The third-order valence-electron chi connectivity index (χ3n) is 3.01. The van der Waals surface area contributed by atoms with Crippen molar-refractivity contribution in [3.8, 4) is 0 Å². The van der Waals surface area contributed by atoms with E-state index in [-0.39, 0.29) is 11.9 Å². The van der Waals surface area contributed by atoms with Crippen LogP contribution in [0.25, 0.3) is 0 Å². The quantitative estimate of drug-likeness (QED) is 0.814. The van der Waals surface area contributed by atoms with Gasteiger partial charge in [0.1, 0.15) is 5.82 Å². The summed E-state index contributed by atoms with van der Waals surface area (Å²) in [6.07, 6.45) is 1.70. The molecule has 102 valence electrons. The monoisotopic (exact) mass is 361 g/mol. The van der Waals surface area contributed by atoms with Gasteiger partial charge in [-0.05, 0) is 65.0 Å². The second-order valence-electron chi connectivity index (χ2n) is 4.32. The largest absolute Gasteiger partial charge is 0.316 e. The second-order valence-corrected chi connectivity index (χ2v) is 6.58. The van der Waals surface area contributed by atoms with Crippen LogP contribution in [0.4, 0.5) is 4.39 Å². The van der Waals surface area contributed by atoms with Gasteiger partial charge in [0.2, 0.25) is 0 Å². The van der Waals surface area contributed by atoms with Gasteiger partial charge in [-0.1, -0.05) is 17.7 Å². The lowest BCUT2D eigenvalue weighted by atomic mass is 10.0. The zero-order valence-corrected chi connectivity index (χ0v) is 13.6. The Kier molecular flexibility index (Phi) is 5.39. The molecule has 1 heterocycles. The number of hydrogen-bond donors (Lipinski definition) is 1. The van der Waals surface area contributed by atoms with E-state index >= 15 is 0 Å². The molecule has 1 unspecified atom stereocenters. The van der Waals surface area contributed by atoms with Gasteiger partial charge in [0.25, 0.3) is 0 Å². The van der Waals surface area contributed by atoms with Gasteiger partial charge in [-0.2, -0.15) is 0 Å². The van der Waals surface area contributed by atoms with Gasteiger partial charge in [-0.3, -0.25) is 0 Å². The van der Waals surface area contributed by atoms with Gasteiger partial charge in [-0.25, -0.2) is 4.39 Å². The third kappa shape index (κ3) is 4.02. The van der Waals surface area contributed by atoms with Crippen molar-refractivity contribution < 1.29 is 4.39 Å². The molecule has 1 atom stereocenters. The van der Waals surface area contributed by atoms with Crippen molar-refractivity contribution >= 4 is 38.9 Å². The van der Waals surface area contributed by atoms with Crippen molar-refractivity contribution in [2.75, 3.05) is 7.05 Å². The van der Waals surface area contributed by atoms with Crippen molar-refractivity contribution in [2.45, 2.75) is 18.9 Å². The zero-order chi connectivity index (χ0) is 13.8. The Labute approximate surface area is 129 Å². The molecule has 0 saturated heterocycles. The average Bonchev–Trinajstić information content (AvgIpc) is 2.77. The van der Waals surface area contributed by atoms with Crippen molar-refractivity contribution in [3.63, 3.8) is 0 Å². The van der Waals surface area contributed by atoms with Crippen LogP contribution in [-0.4, -0.2) is 13.1 Å². The highest BCUT2D eigenvalue weighted by Crippen LogP contribution is 2.26. The van der Waals surface area contributed by atoms with Crippen LogP contribution >= 0.6 is 38.9 Å². The molecular weight excluding hydrogens is 349 g/mol. The molecule has 0 aliphatic carbocycles. The van der Waals surface area contributed by atoms with E-state index in [0.717, 1.165) is 22.9 Å². The predicted molar refractivity (Wildman–Crippen MR) is 83.7 cm³/mol. The fourth-order valence-electron chi connectivity index (χ4n) is 1.92. The minimum atomic E-state index is -0.296. The van der Waals surface area contributed by atoms with Crippen molar-refractivity contribution in [2.24, 2.45) is 0 Å². The molecule has 0 radical (unpaired) electrons. The van der Waals surface area contributed by atoms with Gasteiger partial charge in [0, 0.05) is 20.4 Å².